The summed E-state index contributed by atoms with van der Waals surface area (Å²) >= 11 is 5.56. The van der Waals surface area contributed by atoms with E-state index in [1.54, 1.807) is 25.1 Å². The molecule has 0 heterocycles. The molecule has 0 amide bonds. The van der Waals surface area contributed by atoms with Gasteiger partial charge in [-0.25, -0.2) is 4.79 Å². The third kappa shape index (κ3) is 5.65. The number of thiocarbonyl (C=S) groups is 1. The van der Waals surface area contributed by atoms with Gasteiger partial charge in [-0.2, -0.15) is 0 Å². The van der Waals surface area contributed by atoms with Crippen molar-refractivity contribution in [1.29, 1.82) is 0 Å². The van der Waals surface area contributed by atoms with Crippen molar-refractivity contribution in [2.45, 2.75) is 19.9 Å². The van der Waals surface area contributed by atoms with E-state index < -0.39 is 0 Å². The van der Waals surface area contributed by atoms with Crippen molar-refractivity contribution in [1.82, 2.24) is 5.32 Å². The van der Waals surface area contributed by atoms with Gasteiger partial charge in [0.1, 0.15) is 0 Å². The molecule has 1 atom stereocenters. The van der Waals surface area contributed by atoms with E-state index in [1.165, 1.54) is 5.56 Å². The molecule has 0 radical (unpaired) electrons. The zero-order chi connectivity index (χ0) is 20.6. The Hall–Kier alpha value is -3.18. The molecule has 3 aromatic carbocycles. The number of esters is 1. The molecule has 0 aliphatic carbocycles. The number of rotatable bonds is 6. The van der Waals surface area contributed by atoms with Gasteiger partial charge in [0.2, 0.25) is 0 Å². The van der Waals surface area contributed by atoms with Crippen LogP contribution in [0.15, 0.2) is 78.9 Å². The van der Waals surface area contributed by atoms with Crippen LogP contribution in [0, 0.1) is 6.92 Å². The molecule has 0 saturated heterocycles. The van der Waals surface area contributed by atoms with Crippen molar-refractivity contribution in [3.63, 3.8) is 0 Å². The van der Waals surface area contributed by atoms with Gasteiger partial charge in [-0.1, -0.05) is 66.2 Å². The van der Waals surface area contributed by atoms with Crippen LogP contribution in [0.4, 0.5) is 5.69 Å². The van der Waals surface area contributed by atoms with Crippen molar-refractivity contribution in [3.05, 3.63) is 101 Å². The maximum Gasteiger partial charge on any atom is 0.338 e. The highest BCUT2D eigenvalue weighted by Crippen LogP contribution is 2.23. The topological polar surface area (TPSA) is 50.4 Å². The first kappa shape index (κ1) is 20.6. The highest BCUT2D eigenvalue weighted by molar-refractivity contribution is 7.80. The Morgan fingerprint density at radius 3 is 2.34 bits per heavy atom. The average Bonchev–Trinajstić information content (AvgIpc) is 2.74. The minimum atomic E-state index is -0.350. The van der Waals surface area contributed by atoms with Gasteiger partial charge in [-0.05, 0) is 55.4 Å². The summed E-state index contributed by atoms with van der Waals surface area (Å²) in [4.78, 5) is 12.0. The van der Waals surface area contributed by atoms with E-state index in [0.29, 0.717) is 17.3 Å². The molecule has 2 N–H and O–H groups in total. The monoisotopic (exact) mass is 404 g/mol. The number of hydrogen-bond acceptors (Lipinski definition) is 3. The van der Waals surface area contributed by atoms with E-state index >= 15 is 0 Å². The maximum atomic E-state index is 12.0. The first-order chi connectivity index (χ1) is 14.1. The molecular formula is C24H24N2O2S. The molecule has 3 rings (SSSR count). The van der Waals surface area contributed by atoms with E-state index in [4.69, 9.17) is 17.0 Å². The fraction of sp³-hybridized carbons (Fsp3) is 0.167. The number of carbonyl (C=O) groups is 1. The fourth-order valence-electron chi connectivity index (χ4n) is 3.00. The van der Waals surface area contributed by atoms with E-state index in [0.717, 1.165) is 16.8 Å². The number of anilines is 1. The van der Waals surface area contributed by atoms with Crippen LogP contribution >= 0.6 is 12.2 Å². The van der Waals surface area contributed by atoms with Gasteiger partial charge in [-0.3, -0.25) is 0 Å². The van der Waals surface area contributed by atoms with Gasteiger partial charge in [0, 0.05) is 5.69 Å². The van der Waals surface area contributed by atoms with E-state index in [1.807, 2.05) is 24.3 Å². The van der Waals surface area contributed by atoms with Crippen LogP contribution in [0.2, 0.25) is 0 Å². The molecule has 148 valence electrons. The number of ether oxygens (including phenoxy) is 1. The van der Waals surface area contributed by atoms with Gasteiger partial charge in [0.25, 0.3) is 0 Å². The second kappa shape index (κ2) is 9.85. The lowest BCUT2D eigenvalue weighted by Crippen LogP contribution is -2.33. The van der Waals surface area contributed by atoms with Gasteiger partial charge in [0.05, 0.1) is 18.2 Å². The highest BCUT2D eigenvalue weighted by atomic mass is 32.1. The minimum absolute atomic E-state index is 0.0926. The Morgan fingerprint density at radius 1 is 0.966 bits per heavy atom. The number of carbonyl (C=O) groups excluding carboxylic acids is 1. The van der Waals surface area contributed by atoms with E-state index in [-0.39, 0.29) is 12.0 Å². The second-order valence-electron chi connectivity index (χ2n) is 6.65. The fourth-order valence-corrected chi connectivity index (χ4v) is 3.24. The van der Waals surface area contributed by atoms with Crippen LogP contribution < -0.4 is 10.6 Å². The summed E-state index contributed by atoms with van der Waals surface area (Å²) in [7, 11) is 0. The van der Waals surface area contributed by atoms with Crippen molar-refractivity contribution < 1.29 is 9.53 Å². The van der Waals surface area contributed by atoms with E-state index in [9.17, 15) is 4.79 Å². The number of hydrogen-bond donors (Lipinski definition) is 2. The molecule has 4 nitrogen and oxygen atoms in total. The summed E-state index contributed by atoms with van der Waals surface area (Å²) in [6.07, 6.45) is 0. The summed E-state index contributed by atoms with van der Waals surface area (Å²) in [6.45, 7) is 4.19. The molecule has 0 aliphatic heterocycles. The van der Waals surface area contributed by atoms with Crippen LogP contribution in [0.5, 0.6) is 0 Å². The smallest absolute Gasteiger partial charge is 0.338 e. The summed E-state index contributed by atoms with van der Waals surface area (Å²) in [5.74, 6) is -0.350. The molecule has 0 aliphatic rings. The molecule has 0 unspecified atom stereocenters. The average molecular weight is 405 g/mol. The largest absolute Gasteiger partial charge is 0.462 e. The molecule has 0 saturated carbocycles. The van der Waals surface area contributed by atoms with Crippen LogP contribution in [0.1, 0.15) is 40.0 Å². The lowest BCUT2D eigenvalue weighted by atomic mass is 9.98. The Balaban J connectivity index is 1.78. The molecule has 0 bridgehead atoms. The molecule has 0 fully saturated rings. The standard InChI is InChI=1S/C24H24N2O2S/c1-3-28-23(27)20-10-7-11-21(16-20)25-24(29)26-22(18-8-5-4-6-9-18)19-14-12-17(2)13-15-19/h4-16,22H,3H2,1-2H3,(H2,25,26,29)/t22-/m0/s1. The van der Waals surface area contributed by atoms with Gasteiger partial charge >= 0.3 is 5.97 Å². The van der Waals surface area contributed by atoms with Crippen LogP contribution in [0.3, 0.4) is 0 Å². The quantitative estimate of drug-likeness (QED) is 0.434. The Morgan fingerprint density at radius 2 is 1.66 bits per heavy atom. The highest BCUT2D eigenvalue weighted by Gasteiger charge is 2.15. The molecule has 0 spiro atoms. The van der Waals surface area contributed by atoms with E-state index in [2.05, 4.69) is 54.0 Å². The number of benzene rings is 3. The van der Waals surface area contributed by atoms with Gasteiger partial charge < -0.3 is 15.4 Å². The maximum absolute atomic E-state index is 12.0. The Kier molecular flexibility index (Phi) is 6.98. The summed E-state index contributed by atoms with van der Waals surface area (Å²) in [6, 6.07) is 25.6. The molecule has 0 aromatic heterocycles. The third-order valence-corrected chi connectivity index (χ3v) is 4.67. The SMILES string of the molecule is CCOC(=O)c1cccc(NC(=S)N[C@@H](c2ccccc2)c2ccc(C)cc2)c1. The first-order valence-electron chi connectivity index (χ1n) is 9.53. The Labute approximate surface area is 176 Å². The first-order valence-corrected chi connectivity index (χ1v) is 9.94. The summed E-state index contributed by atoms with van der Waals surface area (Å²) in [5.41, 5.74) is 4.64. The van der Waals surface area contributed by atoms with Crippen molar-refractivity contribution in [3.8, 4) is 0 Å². The van der Waals surface area contributed by atoms with Gasteiger partial charge in [-0.15, -0.1) is 0 Å². The number of nitrogens with one attached hydrogen (secondary N) is 2. The van der Waals surface area contributed by atoms with Crippen LogP contribution in [-0.2, 0) is 4.74 Å². The lowest BCUT2D eigenvalue weighted by molar-refractivity contribution is 0.0526. The second-order valence-corrected chi connectivity index (χ2v) is 7.06. The molecule has 29 heavy (non-hydrogen) atoms. The van der Waals surface area contributed by atoms with Crippen LogP contribution in [-0.4, -0.2) is 17.7 Å². The summed E-state index contributed by atoms with van der Waals surface area (Å²) in [5, 5.41) is 7.04. The zero-order valence-corrected chi connectivity index (χ0v) is 17.3. The van der Waals surface area contributed by atoms with Crippen molar-refractivity contribution in [2.24, 2.45) is 0 Å². The van der Waals surface area contributed by atoms with Crippen molar-refractivity contribution in [2.75, 3.05) is 11.9 Å². The predicted molar refractivity (Wildman–Crippen MR) is 121 cm³/mol. The predicted octanol–water partition coefficient (Wildman–Crippen LogP) is 5.25. The Bertz CT molecular complexity index is 972. The molecular weight excluding hydrogens is 380 g/mol. The normalized spacial score (nSPS) is 11.4. The minimum Gasteiger partial charge on any atom is -0.462 e. The molecule has 5 heteroatoms. The number of aryl methyl sites for hydroxylation is 1. The van der Waals surface area contributed by atoms with Crippen LogP contribution in [0.25, 0.3) is 0 Å². The lowest BCUT2D eigenvalue weighted by Gasteiger charge is -2.22. The third-order valence-electron chi connectivity index (χ3n) is 4.45. The summed E-state index contributed by atoms with van der Waals surface area (Å²) < 4.78 is 5.06. The van der Waals surface area contributed by atoms with Gasteiger partial charge in [0.15, 0.2) is 5.11 Å². The molecule has 3 aromatic rings. The van der Waals surface area contributed by atoms with Crippen molar-refractivity contribution >= 4 is 29.0 Å². The zero-order valence-electron chi connectivity index (χ0n) is 16.5.